The summed E-state index contributed by atoms with van der Waals surface area (Å²) in [7, 11) is 0. The van der Waals surface area contributed by atoms with Gasteiger partial charge in [0.25, 0.3) is 0 Å². The Labute approximate surface area is 112 Å². The van der Waals surface area contributed by atoms with Crippen LogP contribution in [0.4, 0.5) is 0 Å². The van der Waals surface area contributed by atoms with Crippen LogP contribution in [0.2, 0.25) is 5.02 Å². The molecule has 5 heteroatoms. The number of esters is 1. The molecule has 100 valence electrons. The van der Waals surface area contributed by atoms with Gasteiger partial charge in [-0.2, -0.15) is 0 Å². The molecular formula is C13H18ClNO3. The monoisotopic (exact) mass is 271 g/mol. The van der Waals surface area contributed by atoms with Gasteiger partial charge < -0.3 is 15.2 Å². The van der Waals surface area contributed by atoms with Crippen LogP contribution in [0.1, 0.15) is 25.3 Å². The minimum Gasteiger partial charge on any atom is -0.508 e. The zero-order valence-electron chi connectivity index (χ0n) is 10.4. The average molecular weight is 272 g/mol. The van der Waals surface area contributed by atoms with E-state index in [9.17, 15) is 9.90 Å². The molecular weight excluding hydrogens is 254 g/mol. The fraction of sp³-hybridized carbons (Fsp3) is 0.462. The number of benzene rings is 1. The number of rotatable bonds is 7. The molecule has 0 aliphatic rings. The molecule has 18 heavy (non-hydrogen) atoms. The van der Waals surface area contributed by atoms with Crippen LogP contribution in [-0.2, 0) is 16.1 Å². The summed E-state index contributed by atoms with van der Waals surface area (Å²) in [5.74, 6) is 0.0437. The topological polar surface area (TPSA) is 58.6 Å². The van der Waals surface area contributed by atoms with Gasteiger partial charge in [0.15, 0.2) is 0 Å². The van der Waals surface area contributed by atoms with E-state index in [0.717, 1.165) is 5.56 Å². The van der Waals surface area contributed by atoms with Crippen molar-refractivity contribution in [1.82, 2.24) is 5.32 Å². The summed E-state index contributed by atoms with van der Waals surface area (Å²) in [4.78, 5) is 11.1. The lowest BCUT2D eigenvalue weighted by atomic mass is 10.2. The third-order valence-electron chi connectivity index (χ3n) is 2.40. The molecule has 0 fully saturated rings. The van der Waals surface area contributed by atoms with Crippen molar-refractivity contribution < 1.29 is 14.6 Å². The zero-order chi connectivity index (χ0) is 13.4. The SMILES string of the molecule is CCOC(=O)CCCNCc1cc(Cl)ccc1O. The van der Waals surface area contributed by atoms with Crippen LogP contribution in [0.5, 0.6) is 5.75 Å². The van der Waals surface area contributed by atoms with Crippen molar-refractivity contribution in [3.05, 3.63) is 28.8 Å². The van der Waals surface area contributed by atoms with Gasteiger partial charge in [-0.25, -0.2) is 0 Å². The smallest absolute Gasteiger partial charge is 0.305 e. The Bertz CT molecular complexity index is 396. The van der Waals surface area contributed by atoms with Gasteiger partial charge in [0.05, 0.1) is 6.61 Å². The minimum atomic E-state index is -0.176. The summed E-state index contributed by atoms with van der Waals surface area (Å²) in [5, 5.41) is 13.3. The highest BCUT2D eigenvalue weighted by molar-refractivity contribution is 6.30. The maximum Gasteiger partial charge on any atom is 0.305 e. The van der Waals surface area contributed by atoms with Crippen LogP contribution in [0.3, 0.4) is 0 Å². The van der Waals surface area contributed by atoms with Gasteiger partial charge >= 0.3 is 5.97 Å². The summed E-state index contributed by atoms with van der Waals surface area (Å²) in [6, 6.07) is 4.92. The van der Waals surface area contributed by atoms with E-state index in [1.54, 1.807) is 25.1 Å². The lowest BCUT2D eigenvalue weighted by Crippen LogP contribution is -2.16. The van der Waals surface area contributed by atoms with Crippen LogP contribution in [0, 0.1) is 0 Å². The molecule has 0 unspecified atom stereocenters. The minimum absolute atomic E-state index is 0.176. The lowest BCUT2D eigenvalue weighted by molar-refractivity contribution is -0.143. The van der Waals surface area contributed by atoms with E-state index in [2.05, 4.69) is 5.32 Å². The first kappa shape index (κ1) is 14.8. The standard InChI is InChI=1S/C13H18ClNO3/c1-2-18-13(17)4-3-7-15-9-10-8-11(14)5-6-12(10)16/h5-6,8,15-16H,2-4,7,9H2,1H3. The van der Waals surface area contributed by atoms with E-state index < -0.39 is 0 Å². The Morgan fingerprint density at radius 3 is 3.00 bits per heavy atom. The summed E-state index contributed by atoms with van der Waals surface area (Å²) in [5.41, 5.74) is 0.749. The molecule has 1 aromatic carbocycles. The number of halogens is 1. The van der Waals surface area contributed by atoms with Gasteiger partial charge in [0, 0.05) is 23.6 Å². The van der Waals surface area contributed by atoms with Crippen molar-refractivity contribution in [2.75, 3.05) is 13.2 Å². The molecule has 0 saturated heterocycles. The third kappa shape index (κ3) is 5.38. The van der Waals surface area contributed by atoms with Crippen molar-refractivity contribution in [2.45, 2.75) is 26.3 Å². The maximum absolute atomic E-state index is 11.1. The molecule has 2 N–H and O–H groups in total. The van der Waals surface area contributed by atoms with Gasteiger partial charge in [-0.05, 0) is 38.1 Å². The summed E-state index contributed by atoms with van der Waals surface area (Å²) in [6.45, 7) is 3.42. The van der Waals surface area contributed by atoms with Crippen LogP contribution in [0.25, 0.3) is 0 Å². The van der Waals surface area contributed by atoms with E-state index >= 15 is 0 Å². The molecule has 0 aliphatic heterocycles. The first-order valence-corrected chi connectivity index (χ1v) is 6.35. The van der Waals surface area contributed by atoms with Crippen molar-refractivity contribution in [3.8, 4) is 5.75 Å². The lowest BCUT2D eigenvalue weighted by Gasteiger charge is -2.07. The van der Waals surface area contributed by atoms with Crippen LogP contribution >= 0.6 is 11.6 Å². The van der Waals surface area contributed by atoms with E-state index in [0.29, 0.717) is 37.6 Å². The normalized spacial score (nSPS) is 10.3. The maximum atomic E-state index is 11.1. The van der Waals surface area contributed by atoms with Crippen molar-refractivity contribution in [3.63, 3.8) is 0 Å². The third-order valence-corrected chi connectivity index (χ3v) is 2.63. The average Bonchev–Trinajstić information content (AvgIpc) is 2.33. The molecule has 0 heterocycles. The predicted octanol–water partition coefficient (Wildman–Crippen LogP) is 2.48. The Balaban J connectivity index is 2.21. The number of hydrogen-bond acceptors (Lipinski definition) is 4. The number of hydrogen-bond donors (Lipinski definition) is 2. The van der Waals surface area contributed by atoms with Gasteiger partial charge in [0.1, 0.15) is 5.75 Å². The van der Waals surface area contributed by atoms with Crippen LogP contribution in [-0.4, -0.2) is 24.2 Å². The number of phenols is 1. The van der Waals surface area contributed by atoms with Gasteiger partial charge in [0.2, 0.25) is 0 Å². The molecule has 0 spiro atoms. The van der Waals surface area contributed by atoms with Crippen molar-refractivity contribution >= 4 is 17.6 Å². The molecule has 1 rings (SSSR count). The first-order chi connectivity index (χ1) is 8.63. The molecule has 0 bridgehead atoms. The number of nitrogens with one attached hydrogen (secondary N) is 1. The molecule has 0 aromatic heterocycles. The summed E-state index contributed by atoms with van der Waals surface area (Å²) in [6.07, 6.45) is 1.11. The summed E-state index contributed by atoms with van der Waals surface area (Å²) < 4.78 is 4.82. The number of aromatic hydroxyl groups is 1. The first-order valence-electron chi connectivity index (χ1n) is 5.97. The number of ether oxygens (including phenoxy) is 1. The van der Waals surface area contributed by atoms with Gasteiger partial charge in [-0.3, -0.25) is 4.79 Å². The largest absolute Gasteiger partial charge is 0.508 e. The fourth-order valence-corrected chi connectivity index (χ4v) is 1.70. The molecule has 0 atom stereocenters. The highest BCUT2D eigenvalue weighted by atomic mass is 35.5. The van der Waals surface area contributed by atoms with Crippen molar-refractivity contribution in [2.24, 2.45) is 0 Å². The Hall–Kier alpha value is -1.26. The molecule has 0 saturated carbocycles. The van der Waals surface area contributed by atoms with Gasteiger partial charge in [-0.15, -0.1) is 0 Å². The second-order valence-electron chi connectivity index (χ2n) is 3.86. The fourth-order valence-electron chi connectivity index (χ4n) is 1.51. The molecule has 0 radical (unpaired) electrons. The molecule has 1 aromatic rings. The molecule has 0 aliphatic carbocycles. The zero-order valence-corrected chi connectivity index (χ0v) is 11.2. The number of carbonyl (C=O) groups is 1. The number of carbonyl (C=O) groups excluding carboxylic acids is 1. The van der Waals surface area contributed by atoms with Crippen LogP contribution in [0.15, 0.2) is 18.2 Å². The van der Waals surface area contributed by atoms with E-state index in [1.807, 2.05) is 0 Å². The Morgan fingerprint density at radius 1 is 1.50 bits per heavy atom. The van der Waals surface area contributed by atoms with Gasteiger partial charge in [-0.1, -0.05) is 11.6 Å². The van der Waals surface area contributed by atoms with E-state index in [-0.39, 0.29) is 11.7 Å². The number of phenolic OH excluding ortho intramolecular Hbond substituents is 1. The van der Waals surface area contributed by atoms with E-state index in [4.69, 9.17) is 16.3 Å². The van der Waals surface area contributed by atoms with E-state index in [1.165, 1.54) is 0 Å². The Morgan fingerprint density at radius 2 is 2.28 bits per heavy atom. The highest BCUT2D eigenvalue weighted by Crippen LogP contribution is 2.20. The highest BCUT2D eigenvalue weighted by Gasteiger charge is 2.03. The van der Waals surface area contributed by atoms with Crippen LogP contribution < -0.4 is 5.32 Å². The molecule has 4 nitrogen and oxygen atoms in total. The van der Waals surface area contributed by atoms with Crippen molar-refractivity contribution in [1.29, 1.82) is 0 Å². The second kappa shape index (κ2) is 7.95. The Kier molecular flexibility index (Phi) is 6.54. The quantitative estimate of drug-likeness (QED) is 0.591. The predicted molar refractivity (Wildman–Crippen MR) is 70.7 cm³/mol. The summed E-state index contributed by atoms with van der Waals surface area (Å²) >= 11 is 5.83. The molecule has 0 amide bonds. The second-order valence-corrected chi connectivity index (χ2v) is 4.29.